The van der Waals surface area contributed by atoms with Crippen LogP contribution in [0.4, 0.5) is 5.69 Å². The van der Waals surface area contributed by atoms with Crippen molar-refractivity contribution in [3.05, 3.63) is 65.0 Å². The number of nitrogens with zero attached hydrogens (tertiary/aromatic N) is 2. The van der Waals surface area contributed by atoms with E-state index < -0.39 is 0 Å². The summed E-state index contributed by atoms with van der Waals surface area (Å²) in [6.45, 7) is 6.28. The Morgan fingerprint density at radius 2 is 1.78 bits per heavy atom. The Kier molecular flexibility index (Phi) is 6.13. The monoisotopic (exact) mass is 382 g/mol. The van der Waals surface area contributed by atoms with Crippen molar-refractivity contribution >= 4 is 23.4 Å². The first-order chi connectivity index (χ1) is 13.0. The van der Waals surface area contributed by atoms with Gasteiger partial charge in [-0.2, -0.15) is 0 Å². The molecule has 1 aromatic heterocycles. The molecule has 0 saturated heterocycles. The number of amides is 1. The number of carbonyl (C=O) groups is 1. The molecule has 140 valence electrons. The fourth-order valence-electron chi connectivity index (χ4n) is 2.60. The van der Waals surface area contributed by atoms with E-state index in [1.54, 1.807) is 0 Å². The average Bonchev–Trinajstić information content (AvgIpc) is 3.09. The fourth-order valence-corrected chi connectivity index (χ4v) is 3.22. The van der Waals surface area contributed by atoms with Gasteiger partial charge in [0.2, 0.25) is 11.1 Å². The van der Waals surface area contributed by atoms with Crippen LogP contribution in [0.25, 0.3) is 0 Å². The van der Waals surface area contributed by atoms with Crippen molar-refractivity contribution in [2.45, 2.75) is 32.5 Å². The second kappa shape index (κ2) is 8.73. The number of ether oxygens (including phenoxy) is 1. The van der Waals surface area contributed by atoms with E-state index >= 15 is 0 Å². The van der Waals surface area contributed by atoms with Crippen LogP contribution in [0.15, 0.2) is 47.6 Å². The third-order valence-corrected chi connectivity index (χ3v) is 4.87. The topological polar surface area (TPSA) is 79.9 Å². The smallest absolute Gasteiger partial charge is 0.234 e. The molecule has 6 nitrogen and oxygen atoms in total. The predicted octanol–water partition coefficient (Wildman–Crippen LogP) is 4.04. The van der Waals surface area contributed by atoms with Crippen molar-refractivity contribution in [2.24, 2.45) is 0 Å². The summed E-state index contributed by atoms with van der Waals surface area (Å²) in [7, 11) is 0. The summed E-state index contributed by atoms with van der Waals surface area (Å²) in [5, 5.41) is 10.4. The molecule has 0 unspecified atom stereocenters. The molecule has 0 atom stereocenters. The number of H-pyrrole nitrogens is 1. The number of anilines is 1. The van der Waals surface area contributed by atoms with Crippen LogP contribution in [0.3, 0.4) is 0 Å². The van der Waals surface area contributed by atoms with E-state index in [1.165, 1.54) is 11.8 Å². The SMILES string of the molecule is Cc1ccccc1NC(=O)CSc1n[nH]c(COc2c(C)cccc2C)n1. The summed E-state index contributed by atoms with van der Waals surface area (Å²) in [5.74, 6) is 1.64. The molecule has 1 heterocycles. The molecule has 1 amide bonds. The van der Waals surface area contributed by atoms with Gasteiger partial charge < -0.3 is 10.1 Å². The largest absolute Gasteiger partial charge is 0.485 e. The van der Waals surface area contributed by atoms with E-state index in [0.717, 1.165) is 28.1 Å². The van der Waals surface area contributed by atoms with E-state index in [2.05, 4.69) is 20.5 Å². The lowest BCUT2D eigenvalue weighted by Gasteiger charge is -2.10. The summed E-state index contributed by atoms with van der Waals surface area (Å²) >= 11 is 1.28. The van der Waals surface area contributed by atoms with Gasteiger partial charge in [-0.25, -0.2) is 4.98 Å². The van der Waals surface area contributed by atoms with Gasteiger partial charge in [0.25, 0.3) is 0 Å². The van der Waals surface area contributed by atoms with Gasteiger partial charge in [-0.3, -0.25) is 9.89 Å². The van der Waals surface area contributed by atoms with Gasteiger partial charge in [-0.05, 0) is 43.5 Å². The minimum Gasteiger partial charge on any atom is -0.485 e. The van der Waals surface area contributed by atoms with Crippen molar-refractivity contribution in [2.75, 3.05) is 11.1 Å². The minimum absolute atomic E-state index is 0.0903. The molecule has 3 aromatic rings. The Morgan fingerprint density at radius 3 is 2.52 bits per heavy atom. The van der Waals surface area contributed by atoms with Gasteiger partial charge in [0, 0.05) is 5.69 Å². The summed E-state index contributed by atoms with van der Waals surface area (Å²) < 4.78 is 5.86. The first-order valence-electron chi connectivity index (χ1n) is 8.61. The zero-order valence-corrected chi connectivity index (χ0v) is 16.4. The third kappa shape index (κ3) is 5.10. The van der Waals surface area contributed by atoms with Crippen molar-refractivity contribution < 1.29 is 9.53 Å². The lowest BCUT2D eigenvalue weighted by molar-refractivity contribution is -0.113. The normalized spacial score (nSPS) is 10.6. The first kappa shape index (κ1) is 19.0. The zero-order valence-electron chi connectivity index (χ0n) is 15.6. The number of rotatable bonds is 7. The quantitative estimate of drug-likeness (QED) is 0.603. The van der Waals surface area contributed by atoms with Gasteiger partial charge >= 0.3 is 0 Å². The van der Waals surface area contributed by atoms with Crippen molar-refractivity contribution in [1.82, 2.24) is 15.2 Å². The first-order valence-corrected chi connectivity index (χ1v) is 9.60. The number of hydrogen-bond donors (Lipinski definition) is 2. The van der Waals surface area contributed by atoms with Crippen LogP contribution in [0, 0.1) is 20.8 Å². The number of para-hydroxylation sites is 2. The fraction of sp³-hybridized carbons (Fsp3) is 0.250. The highest BCUT2D eigenvalue weighted by molar-refractivity contribution is 7.99. The second-order valence-corrected chi connectivity index (χ2v) is 7.17. The molecule has 2 N–H and O–H groups in total. The van der Waals surface area contributed by atoms with E-state index in [9.17, 15) is 4.79 Å². The number of aromatic amines is 1. The maximum atomic E-state index is 12.1. The molecule has 27 heavy (non-hydrogen) atoms. The highest BCUT2D eigenvalue weighted by Gasteiger charge is 2.10. The van der Waals surface area contributed by atoms with E-state index in [1.807, 2.05) is 63.2 Å². The Morgan fingerprint density at radius 1 is 1.07 bits per heavy atom. The number of aryl methyl sites for hydroxylation is 3. The predicted molar refractivity (Wildman–Crippen MR) is 107 cm³/mol. The maximum absolute atomic E-state index is 12.1. The minimum atomic E-state index is -0.0903. The molecule has 3 rings (SSSR count). The van der Waals surface area contributed by atoms with Crippen LogP contribution in [0.2, 0.25) is 0 Å². The number of nitrogens with one attached hydrogen (secondary N) is 2. The summed E-state index contributed by atoms with van der Waals surface area (Å²) in [6, 6.07) is 13.7. The van der Waals surface area contributed by atoms with E-state index in [0.29, 0.717) is 17.6 Å². The van der Waals surface area contributed by atoms with E-state index in [-0.39, 0.29) is 11.7 Å². The molecule has 0 fully saturated rings. The average molecular weight is 382 g/mol. The molecule has 7 heteroatoms. The second-order valence-electron chi connectivity index (χ2n) is 6.23. The molecule has 0 aliphatic carbocycles. The highest BCUT2D eigenvalue weighted by atomic mass is 32.2. The Balaban J connectivity index is 1.51. The summed E-state index contributed by atoms with van der Waals surface area (Å²) in [4.78, 5) is 16.5. The molecule has 0 spiro atoms. The van der Waals surface area contributed by atoms with Crippen molar-refractivity contribution in [1.29, 1.82) is 0 Å². The molecule has 0 aliphatic rings. The molecular formula is C20H22N4O2S. The lowest BCUT2D eigenvalue weighted by Crippen LogP contribution is -2.14. The van der Waals surface area contributed by atoms with Crippen molar-refractivity contribution in [3.8, 4) is 5.75 Å². The van der Waals surface area contributed by atoms with Crippen LogP contribution >= 0.6 is 11.8 Å². The van der Waals surface area contributed by atoms with E-state index in [4.69, 9.17) is 4.74 Å². The number of carbonyl (C=O) groups excluding carboxylic acids is 1. The number of aromatic nitrogens is 3. The standard InChI is InChI=1S/C20H22N4O2S/c1-13-7-4-5-10-16(13)21-18(25)12-27-20-22-17(23-24-20)11-26-19-14(2)8-6-9-15(19)3/h4-10H,11-12H2,1-3H3,(H,21,25)(H,22,23,24). The Labute approximate surface area is 162 Å². The van der Waals surface area contributed by atoms with Crippen LogP contribution in [0.5, 0.6) is 5.75 Å². The van der Waals surface area contributed by atoms with Gasteiger partial charge in [0.15, 0.2) is 5.82 Å². The van der Waals surface area contributed by atoms with Crippen LogP contribution in [-0.2, 0) is 11.4 Å². The molecular weight excluding hydrogens is 360 g/mol. The van der Waals surface area contributed by atoms with Gasteiger partial charge in [0.1, 0.15) is 12.4 Å². The van der Waals surface area contributed by atoms with Gasteiger partial charge in [-0.1, -0.05) is 48.2 Å². The zero-order chi connectivity index (χ0) is 19.2. The lowest BCUT2D eigenvalue weighted by atomic mass is 10.1. The Hall–Kier alpha value is -2.80. The number of benzene rings is 2. The van der Waals surface area contributed by atoms with Gasteiger partial charge in [0.05, 0.1) is 5.75 Å². The number of hydrogen-bond acceptors (Lipinski definition) is 5. The molecule has 0 aliphatic heterocycles. The molecule has 0 radical (unpaired) electrons. The third-order valence-electron chi connectivity index (χ3n) is 4.02. The molecule has 0 bridgehead atoms. The van der Waals surface area contributed by atoms with Gasteiger partial charge in [-0.15, -0.1) is 5.10 Å². The molecule has 0 saturated carbocycles. The summed E-state index contributed by atoms with van der Waals surface area (Å²) in [5.41, 5.74) is 4.01. The number of thioether (sulfide) groups is 1. The maximum Gasteiger partial charge on any atom is 0.234 e. The summed E-state index contributed by atoms with van der Waals surface area (Å²) in [6.07, 6.45) is 0. The molecule has 2 aromatic carbocycles. The highest BCUT2D eigenvalue weighted by Crippen LogP contribution is 2.23. The Bertz CT molecular complexity index is 919. The van der Waals surface area contributed by atoms with Crippen molar-refractivity contribution in [3.63, 3.8) is 0 Å². The van der Waals surface area contributed by atoms with Crippen LogP contribution in [-0.4, -0.2) is 26.8 Å². The van der Waals surface area contributed by atoms with Crippen LogP contribution in [0.1, 0.15) is 22.5 Å². The van der Waals surface area contributed by atoms with Crippen LogP contribution < -0.4 is 10.1 Å².